The van der Waals surface area contributed by atoms with Crippen LogP contribution in [0.25, 0.3) is 0 Å². The van der Waals surface area contributed by atoms with Crippen molar-refractivity contribution in [1.82, 2.24) is 4.72 Å². The Morgan fingerprint density at radius 2 is 1.59 bits per heavy atom. The van der Waals surface area contributed by atoms with Crippen LogP contribution in [0.2, 0.25) is 0 Å². The molecule has 0 atom stereocenters. The van der Waals surface area contributed by atoms with Crippen LogP contribution in [0.1, 0.15) is 40.2 Å². The van der Waals surface area contributed by atoms with Gasteiger partial charge in [-0.15, -0.1) is 0 Å². The first-order chi connectivity index (χ1) is 7.74. The molecule has 0 aliphatic rings. The molecule has 1 N–H and O–H groups in total. The predicted octanol–water partition coefficient (Wildman–Crippen LogP) is 3.56. The average molecular weight is 251 g/mol. The maximum atomic E-state index is 10.8. The van der Waals surface area contributed by atoms with E-state index in [-0.39, 0.29) is 5.41 Å². The maximum absolute atomic E-state index is 10.8. The van der Waals surface area contributed by atoms with Crippen molar-refractivity contribution in [3.63, 3.8) is 0 Å². The van der Waals surface area contributed by atoms with Crippen LogP contribution in [-0.2, 0) is 10.2 Å². The minimum Gasteiger partial charge on any atom is -0.301 e. The normalized spacial score (nSPS) is 12.5. The van der Waals surface area contributed by atoms with Crippen LogP contribution in [-0.4, -0.2) is 11.8 Å². The van der Waals surface area contributed by atoms with Gasteiger partial charge in [0.25, 0.3) is 0 Å². The molecule has 0 aromatic heterocycles. The Morgan fingerprint density at radius 3 is 2.00 bits per heavy atom. The molecule has 0 heterocycles. The van der Waals surface area contributed by atoms with Crippen molar-refractivity contribution in [1.29, 1.82) is 0 Å². The van der Waals surface area contributed by atoms with Crippen LogP contribution >= 0.6 is 11.9 Å². The fourth-order valence-corrected chi connectivity index (χ4v) is 1.94. The molecule has 0 saturated heterocycles. The fraction of sp³-hybridized carbons (Fsp3) is 0.500. The maximum Gasteiger partial charge on any atom is 0.140 e. The fourth-order valence-electron chi connectivity index (χ4n) is 1.24. The van der Waals surface area contributed by atoms with E-state index >= 15 is 0 Å². The van der Waals surface area contributed by atoms with E-state index < -0.39 is 5.54 Å². The molecule has 0 unspecified atom stereocenters. The number of hydrogen-bond acceptors (Lipinski definition) is 3. The molecule has 0 amide bonds. The Labute approximate surface area is 108 Å². The molecule has 1 aromatic carbocycles. The van der Waals surface area contributed by atoms with Crippen LogP contribution in [0, 0.1) is 0 Å². The Kier molecular flexibility index (Phi) is 4.39. The van der Waals surface area contributed by atoms with Crippen molar-refractivity contribution >= 4 is 18.2 Å². The molecule has 0 aliphatic heterocycles. The number of carbonyl (C=O) groups is 1. The monoisotopic (exact) mass is 251 g/mol. The zero-order chi connectivity index (χ0) is 13.1. The highest BCUT2D eigenvalue weighted by molar-refractivity contribution is 7.97. The highest BCUT2D eigenvalue weighted by Crippen LogP contribution is 2.25. The lowest BCUT2D eigenvalue weighted by atomic mass is 9.87. The molecule has 2 nitrogen and oxygen atoms in total. The van der Waals surface area contributed by atoms with Gasteiger partial charge in [0.1, 0.15) is 6.29 Å². The van der Waals surface area contributed by atoms with Crippen molar-refractivity contribution in [3.05, 3.63) is 29.8 Å². The van der Waals surface area contributed by atoms with Crippen molar-refractivity contribution in [3.8, 4) is 0 Å². The lowest BCUT2D eigenvalue weighted by Crippen LogP contribution is -2.35. The lowest BCUT2D eigenvalue weighted by Gasteiger charge is -2.20. The summed E-state index contributed by atoms with van der Waals surface area (Å²) in [5.74, 6) is 0. The average Bonchev–Trinajstić information content (AvgIpc) is 2.26. The highest BCUT2D eigenvalue weighted by atomic mass is 32.2. The highest BCUT2D eigenvalue weighted by Gasteiger charge is 2.16. The summed E-state index contributed by atoms with van der Waals surface area (Å²) in [6.45, 7) is 10.3. The molecule has 0 fully saturated rings. The summed E-state index contributed by atoms with van der Waals surface area (Å²) in [4.78, 5) is 11.9. The third-order valence-corrected chi connectivity index (χ3v) is 3.58. The second-order valence-corrected chi connectivity index (χ2v) is 6.70. The number of carbonyl (C=O) groups excluding carboxylic acids is 1. The first-order valence-corrected chi connectivity index (χ1v) is 6.57. The predicted molar refractivity (Wildman–Crippen MR) is 74.3 cm³/mol. The molecule has 1 rings (SSSR count). The summed E-state index contributed by atoms with van der Waals surface area (Å²) < 4.78 is 3.13. The van der Waals surface area contributed by atoms with Gasteiger partial charge in [0.05, 0.1) is 5.54 Å². The summed E-state index contributed by atoms with van der Waals surface area (Å²) in [6.07, 6.45) is 0.920. The Morgan fingerprint density at radius 1 is 1.06 bits per heavy atom. The zero-order valence-electron chi connectivity index (χ0n) is 11.2. The number of rotatable bonds is 4. The molecule has 0 saturated carbocycles. The Hall–Kier alpha value is -0.800. The van der Waals surface area contributed by atoms with Crippen molar-refractivity contribution in [2.24, 2.45) is 0 Å². The first-order valence-electron chi connectivity index (χ1n) is 5.75. The van der Waals surface area contributed by atoms with Gasteiger partial charge in [0.2, 0.25) is 0 Å². The zero-order valence-corrected chi connectivity index (χ0v) is 12.0. The SMILES string of the molecule is CC(C)(C=O)NSc1ccc(C(C)(C)C)cc1. The largest absolute Gasteiger partial charge is 0.301 e. The molecule has 1 aromatic rings. The van der Waals surface area contributed by atoms with Gasteiger partial charge >= 0.3 is 0 Å². The quantitative estimate of drug-likeness (QED) is 0.655. The van der Waals surface area contributed by atoms with Gasteiger partial charge in [-0.3, -0.25) is 0 Å². The molecule has 0 radical (unpaired) electrons. The number of benzene rings is 1. The molecular formula is C14H21NOS. The number of aldehydes is 1. The van der Waals surface area contributed by atoms with E-state index in [9.17, 15) is 4.79 Å². The minimum atomic E-state index is -0.493. The van der Waals surface area contributed by atoms with E-state index in [2.05, 4.69) is 49.8 Å². The van der Waals surface area contributed by atoms with Crippen LogP contribution in [0.4, 0.5) is 0 Å². The summed E-state index contributed by atoms with van der Waals surface area (Å²) in [5, 5.41) is 0. The van der Waals surface area contributed by atoms with Gasteiger partial charge in [0, 0.05) is 4.90 Å². The van der Waals surface area contributed by atoms with Crippen molar-refractivity contribution in [2.45, 2.75) is 50.5 Å². The third-order valence-electron chi connectivity index (χ3n) is 2.45. The minimum absolute atomic E-state index is 0.179. The Balaban J connectivity index is 2.67. The van der Waals surface area contributed by atoms with Gasteiger partial charge in [0.15, 0.2) is 0 Å². The molecular weight excluding hydrogens is 230 g/mol. The van der Waals surface area contributed by atoms with Gasteiger partial charge < -0.3 is 4.79 Å². The third kappa shape index (κ3) is 4.52. The van der Waals surface area contributed by atoms with Gasteiger partial charge in [-0.25, -0.2) is 4.72 Å². The molecule has 0 aliphatic carbocycles. The van der Waals surface area contributed by atoms with Gasteiger partial charge in [-0.2, -0.15) is 0 Å². The second-order valence-electron chi connectivity index (χ2n) is 5.82. The molecule has 3 heteroatoms. The van der Waals surface area contributed by atoms with E-state index in [0.29, 0.717) is 0 Å². The van der Waals surface area contributed by atoms with E-state index in [1.807, 2.05) is 13.8 Å². The van der Waals surface area contributed by atoms with E-state index in [1.54, 1.807) is 0 Å². The van der Waals surface area contributed by atoms with Crippen LogP contribution in [0.5, 0.6) is 0 Å². The van der Waals surface area contributed by atoms with E-state index in [1.165, 1.54) is 17.5 Å². The van der Waals surface area contributed by atoms with Crippen LogP contribution in [0.3, 0.4) is 0 Å². The van der Waals surface area contributed by atoms with E-state index in [4.69, 9.17) is 0 Å². The van der Waals surface area contributed by atoms with E-state index in [0.717, 1.165) is 11.2 Å². The smallest absolute Gasteiger partial charge is 0.140 e. The van der Waals surface area contributed by atoms with Crippen LogP contribution in [0.15, 0.2) is 29.2 Å². The molecule has 94 valence electrons. The number of nitrogens with one attached hydrogen (secondary N) is 1. The summed E-state index contributed by atoms with van der Waals surface area (Å²) >= 11 is 1.49. The van der Waals surface area contributed by atoms with Gasteiger partial charge in [-0.05, 0) is 48.9 Å². The summed E-state index contributed by atoms with van der Waals surface area (Å²) in [6, 6.07) is 8.44. The first kappa shape index (κ1) is 14.3. The van der Waals surface area contributed by atoms with Gasteiger partial charge in [-0.1, -0.05) is 32.9 Å². The van der Waals surface area contributed by atoms with Crippen molar-refractivity contribution < 1.29 is 4.79 Å². The topological polar surface area (TPSA) is 29.1 Å². The Bertz CT molecular complexity index is 376. The molecule has 0 spiro atoms. The molecule has 17 heavy (non-hydrogen) atoms. The summed E-state index contributed by atoms with van der Waals surface area (Å²) in [7, 11) is 0. The standard InChI is InChI=1S/C14H21NOS/c1-13(2,3)11-6-8-12(9-7-11)17-15-14(4,5)10-16/h6-10,15H,1-5H3. The van der Waals surface area contributed by atoms with Crippen LogP contribution < -0.4 is 4.72 Å². The second kappa shape index (κ2) is 5.23. The lowest BCUT2D eigenvalue weighted by molar-refractivity contribution is -0.111. The van der Waals surface area contributed by atoms with Crippen molar-refractivity contribution in [2.75, 3.05) is 0 Å². The molecule has 0 bridgehead atoms. The number of hydrogen-bond donors (Lipinski definition) is 1. The summed E-state index contributed by atoms with van der Waals surface area (Å²) in [5.41, 5.74) is 1.00.